The molecular formula is C15H24N4O2. The molecule has 1 atom stereocenters. The largest absolute Gasteiger partial charge is 0.381 e. The number of carbonyl (C=O) groups is 1. The van der Waals surface area contributed by atoms with Gasteiger partial charge in [-0.25, -0.2) is 0 Å². The molecule has 0 aliphatic carbocycles. The number of nitrogens with one attached hydrogen (secondary N) is 1. The highest BCUT2D eigenvalue weighted by atomic mass is 16.5. The minimum Gasteiger partial charge on any atom is -0.381 e. The van der Waals surface area contributed by atoms with Crippen molar-refractivity contribution in [1.29, 1.82) is 0 Å². The normalized spacial score (nSPS) is 24.3. The number of aromatic nitrogens is 2. The molecule has 3 rings (SSSR count). The van der Waals surface area contributed by atoms with Crippen LogP contribution < -0.4 is 5.32 Å². The minimum atomic E-state index is 0.147. The van der Waals surface area contributed by atoms with Crippen LogP contribution in [0.15, 0.2) is 18.5 Å². The molecule has 0 radical (unpaired) electrons. The van der Waals surface area contributed by atoms with Crippen molar-refractivity contribution in [2.45, 2.75) is 44.3 Å². The molecule has 3 heterocycles. The van der Waals surface area contributed by atoms with Gasteiger partial charge in [0.15, 0.2) is 0 Å². The van der Waals surface area contributed by atoms with E-state index in [9.17, 15) is 4.79 Å². The Labute approximate surface area is 125 Å². The highest BCUT2D eigenvalue weighted by Gasteiger charge is 2.27. The monoisotopic (exact) mass is 292 g/mol. The summed E-state index contributed by atoms with van der Waals surface area (Å²) in [6, 6.07) is 2.65. The summed E-state index contributed by atoms with van der Waals surface area (Å²) in [7, 11) is 0. The summed E-state index contributed by atoms with van der Waals surface area (Å²) in [6.07, 6.45) is 7.96. The second kappa shape index (κ2) is 7.04. The third-order valence-corrected chi connectivity index (χ3v) is 4.39. The van der Waals surface area contributed by atoms with Gasteiger partial charge in [-0.3, -0.25) is 14.4 Å². The van der Waals surface area contributed by atoms with E-state index in [-0.39, 0.29) is 5.91 Å². The predicted octanol–water partition coefficient (Wildman–Crippen LogP) is 0.643. The molecule has 0 aromatic carbocycles. The minimum absolute atomic E-state index is 0.147. The van der Waals surface area contributed by atoms with Crippen LogP contribution in [-0.4, -0.2) is 59.0 Å². The molecule has 2 aliphatic heterocycles. The standard InChI is InChI=1S/C15H24N4O2/c20-15(17-13-4-9-21-10-5-13)12-18-7-1-3-14(18)11-19-8-2-6-16-19/h2,6,8,13-14H,1,3-5,7,9-12H2,(H,17,20). The maximum absolute atomic E-state index is 12.2. The molecule has 1 aromatic heterocycles. The number of ether oxygens (including phenoxy) is 1. The zero-order chi connectivity index (χ0) is 14.5. The fraction of sp³-hybridized carbons (Fsp3) is 0.733. The Bertz CT molecular complexity index is 443. The zero-order valence-corrected chi connectivity index (χ0v) is 12.4. The maximum atomic E-state index is 12.2. The molecule has 1 unspecified atom stereocenters. The average molecular weight is 292 g/mol. The first-order chi connectivity index (χ1) is 10.3. The molecular weight excluding hydrogens is 268 g/mol. The zero-order valence-electron chi connectivity index (χ0n) is 12.4. The highest BCUT2D eigenvalue weighted by Crippen LogP contribution is 2.18. The van der Waals surface area contributed by atoms with Gasteiger partial charge in [0.05, 0.1) is 13.1 Å². The lowest BCUT2D eigenvalue weighted by Gasteiger charge is -2.27. The first-order valence-electron chi connectivity index (χ1n) is 7.90. The number of carbonyl (C=O) groups excluding carboxylic acids is 1. The summed E-state index contributed by atoms with van der Waals surface area (Å²) in [5, 5.41) is 7.40. The van der Waals surface area contributed by atoms with E-state index in [0.717, 1.165) is 52.0 Å². The van der Waals surface area contributed by atoms with Crippen molar-refractivity contribution in [3.63, 3.8) is 0 Å². The number of rotatable bonds is 5. The molecule has 2 saturated heterocycles. The van der Waals surface area contributed by atoms with Crippen molar-refractivity contribution >= 4 is 5.91 Å². The summed E-state index contributed by atoms with van der Waals surface area (Å²) in [5.41, 5.74) is 0. The number of amides is 1. The number of likely N-dealkylation sites (tertiary alicyclic amines) is 1. The van der Waals surface area contributed by atoms with E-state index >= 15 is 0 Å². The Morgan fingerprint density at radius 3 is 2.95 bits per heavy atom. The average Bonchev–Trinajstić information content (AvgIpc) is 3.13. The van der Waals surface area contributed by atoms with Crippen LogP contribution >= 0.6 is 0 Å². The van der Waals surface area contributed by atoms with Gasteiger partial charge in [-0.15, -0.1) is 0 Å². The van der Waals surface area contributed by atoms with Gasteiger partial charge in [0.25, 0.3) is 0 Å². The molecule has 0 spiro atoms. The van der Waals surface area contributed by atoms with E-state index in [4.69, 9.17) is 4.74 Å². The van der Waals surface area contributed by atoms with E-state index in [1.165, 1.54) is 0 Å². The first-order valence-corrected chi connectivity index (χ1v) is 7.90. The molecule has 2 aliphatic rings. The molecule has 0 saturated carbocycles. The molecule has 1 aromatic rings. The third-order valence-electron chi connectivity index (χ3n) is 4.39. The smallest absolute Gasteiger partial charge is 0.234 e. The van der Waals surface area contributed by atoms with Crippen LogP contribution in [0.5, 0.6) is 0 Å². The van der Waals surface area contributed by atoms with E-state index < -0.39 is 0 Å². The molecule has 1 amide bonds. The van der Waals surface area contributed by atoms with Crippen LogP contribution in [0, 0.1) is 0 Å². The van der Waals surface area contributed by atoms with Crippen LogP contribution in [0.25, 0.3) is 0 Å². The first kappa shape index (κ1) is 14.5. The topological polar surface area (TPSA) is 59.4 Å². The molecule has 2 fully saturated rings. The van der Waals surface area contributed by atoms with Gasteiger partial charge in [0, 0.05) is 37.7 Å². The highest BCUT2D eigenvalue weighted by molar-refractivity contribution is 5.78. The van der Waals surface area contributed by atoms with Gasteiger partial charge < -0.3 is 10.1 Å². The molecule has 0 bridgehead atoms. The van der Waals surface area contributed by atoms with Gasteiger partial charge >= 0.3 is 0 Å². The lowest BCUT2D eigenvalue weighted by molar-refractivity contribution is -0.123. The Hall–Kier alpha value is -1.40. The third kappa shape index (κ3) is 4.04. The lowest BCUT2D eigenvalue weighted by Crippen LogP contribution is -2.46. The van der Waals surface area contributed by atoms with Crippen molar-refractivity contribution in [3.8, 4) is 0 Å². The van der Waals surface area contributed by atoms with E-state index in [0.29, 0.717) is 18.6 Å². The second-order valence-corrected chi connectivity index (χ2v) is 5.95. The number of nitrogens with zero attached hydrogens (tertiary/aromatic N) is 3. The Balaban J connectivity index is 1.47. The van der Waals surface area contributed by atoms with Crippen molar-refractivity contribution in [2.24, 2.45) is 0 Å². The molecule has 6 heteroatoms. The molecule has 1 N–H and O–H groups in total. The van der Waals surface area contributed by atoms with Gasteiger partial charge in [-0.05, 0) is 38.3 Å². The van der Waals surface area contributed by atoms with Crippen molar-refractivity contribution < 1.29 is 9.53 Å². The Kier molecular flexibility index (Phi) is 4.87. The van der Waals surface area contributed by atoms with Gasteiger partial charge in [0.1, 0.15) is 0 Å². The summed E-state index contributed by atoms with van der Waals surface area (Å²) >= 11 is 0. The van der Waals surface area contributed by atoms with Crippen LogP contribution in [0.4, 0.5) is 0 Å². The van der Waals surface area contributed by atoms with Crippen LogP contribution in [-0.2, 0) is 16.1 Å². The van der Waals surface area contributed by atoms with Gasteiger partial charge in [-0.1, -0.05) is 0 Å². The van der Waals surface area contributed by atoms with E-state index in [1.807, 2.05) is 16.9 Å². The maximum Gasteiger partial charge on any atom is 0.234 e. The summed E-state index contributed by atoms with van der Waals surface area (Å²) < 4.78 is 7.28. The summed E-state index contributed by atoms with van der Waals surface area (Å²) in [5.74, 6) is 0.147. The summed E-state index contributed by atoms with van der Waals surface area (Å²) in [6.45, 7) is 3.90. The molecule has 21 heavy (non-hydrogen) atoms. The fourth-order valence-corrected chi connectivity index (χ4v) is 3.23. The number of hydrogen-bond donors (Lipinski definition) is 1. The van der Waals surface area contributed by atoms with Crippen LogP contribution in [0.2, 0.25) is 0 Å². The van der Waals surface area contributed by atoms with Crippen molar-refractivity contribution in [1.82, 2.24) is 20.0 Å². The van der Waals surface area contributed by atoms with E-state index in [1.54, 1.807) is 6.20 Å². The Morgan fingerprint density at radius 2 is 2.19 bits per heavy atom. The number of hydrogen-bond acceptors (Lipinski definition) is 4. The second-order valence-electron chi connectivity index (χ2n) is 5.95. The van der Waals surface area contributed by atoms with Crippen molar-refractivity contribution in [3.05, 3.63) is 18.5 Å². The lowest BCUT2D eigenvalue weighted by atomic mass is 10.1. The van der Waals surface area contributed by atoms with Crippen molar-refractivity contribution in [2.75, 3.05) is 26.3 Å². The van der Waals surface area contributed by atoms with Crippen LogP contribution in [0.1, 0.15) is 25.7 Å². The van der Waals surface area contributed by atoms with Gasteiger partial charge in [0.2, 0.25) is 5.91 Å². The Morgan fingerprint density at radius 1 is 1.33 bits per heavy atom. The SMILES string of the molecule is O=C(CN1CCCC1Cn1cccn1)NC1CCOCC1. The van der Waals surface area contributed by atoms with Crippen LogP contribution in [0.3, 0.4) is 0 Å². The van der Waals surface area contributed by atoms with Gasteiger partial charge in [-0.2, -0.15) is 5.10 Å². The molecule has 6 nitrogen and oxygen atoms in total. The van der Waals surface area contributed by atoms with E-state index in [2.05, 4.69) is 15.3 Å². The quantitative estimate of drug-likeness (QED) is 0.865. The molecule has 116 valence electrons. The summed E-state index contributed by atoms with van der Waals surface area (Å²) in [4.78, 5) is 14.5. The fourth-order valence-electron chi connectivity index (χ4n) is 3.23. The predicted molar refractivity (Wildman–Crippen MR) is 78.8 cm³/mol.